The van der Waals surface area contributed by atoms with Crippen molar-refractivity contribution in [3.63, 3.8) is 0 Å². The van der Waals surface area contributed by atoms with Crippen LogP contribution in [0.15, 0.2) is 12.2 Å². The van der Waals surface area contributed by atoms with Crippen LogP contribution < -0.4 is 0 Å². The molecule has 0 rings (SSSR count). The van der Waals surface area contributed by atoms with Gasteiger partial charge in [0, 0.05) is 13.2 Å². The summed E-state index contributed by atoms with van der Waals surface area (Å²) in [5.74, 6) is 0.520. The Kier molecular flexibility index (Phi) is 21.4. The molecule has 0 bridgehead atoms. The van der Waals surface area contributed by atoms with E-state index in [1.807, 2.05) is 0 Å². The van der Waals surface area contributed by atoms with E-state index in [0.717, 1.165) is 12.8 Å². The van der Waals surface area contributed by atoms with Crippen LogP contribution in [-0.4, -0.2) is 23.4 Å². The lowest BCUT2D eigenvalue weighted by atomic mass is 9.94. The number of hydrogen-bond donors (Lipinski definition) is 2. The minimum absolute atomic E-state index is 0.261. The molecular formula is C23H46O2. The van der Waals surface area contributed by atoms with Gasteiger partial charge in [-0.3, -0.25) is 0 Å². The molecule has 0 aliphatic heterocycles. The van der Waals surface area contributed by atoms with E-state index in [2.05, 4.69) is 19.1 Å². The van der Waals surface area contributed by atoms with Gasteiger partial charge in [0.15, 0.2) is 0 Å². The lowest BCUT2D eigenvalue weighted by Gasteiger charge is -2.13. The maximum absolute atomic E-state index is 9.01. The van der Waals surface area contributed by atoms with Crippen molar-refractivity contribution < 1.29 is 10.2 Å². The van der Waals surface area contributed by atoms with Crippen LogP contribution in [0, 0.1) is 5.92 Å². The van der Waals surface area contributed by atoms with E-state index in [1.54, 1.807) is 0 Å². The summed E-state index contributed by atoms with van der Waals surface area (Å²) in [6.45, 7) is 2.80. The molecule has 0 aromatic heterocycles. The Balaban J connectivity index is 3.23. The number of allylic oxidation sites excluding steroid dienone is 2. The molecule has 0 aliphatic carbocycles. The van der Waals surface area contributed by atoms with Crippen LogP contribution in [0.1, 0.15) is 116 Å². The second-order valence-electron chi connectivity index (χ2n) is 7.62. The van der Waals surface area contributed by atoms with Crippen molar-refractivity contribution in [2.24, 2.45) is 5.92 Å². The lowest BCUT2D eigenvalue weighted by Crippen LogP contribution is -2.05. The van der Waals surface area contributed by atoms with Gasteiger partial charge in [-0.05, 0) is 44.4 Å². The molecule has 0 saturated carbocycles. The van der Waals surface area contributed by atoms with Gasteiger partial charge in [0.25, 0.3) is 0 Å². The van der Waals surface area contributed by atoms with Crippen molar-refractivity contribution in [1.82, 2.24) is 0 Å². The Labute approximate surface area is 158 Å². The van der Waals surface area contributed by atoms with Crippen LogP contribution in [0.3, 0.4) is 0 Å². The Morgan fingerprint density at radius 1 is 0.560 bits per heavy atom. The van der Waals surface area contributed by atoms with E-state index in [9.17, 15) is 0 Å². The van der Waals surface area contributed by atoms with Crippen LogP contribution in [0.2, 0.25) is 0 Å². The van der Waals surface area contributed by atoms with Crippen molar-refractivity contribution in [3.8, 4) is 0 Å². The molecular weight excluding hydrogens is 308 g/mol. The quantitative estimate of drug-likeness (QED) is 0.186. The third-order valence-corrected chi connectivity index (χ3v) is 5.20. The van der Waals surface area contributed by atoms with Crippen LogP contribution in [0.5, 0.6) is 0 Å². The monoisotopic (exact) mass is 354 g/mol. The van der Waals surface area contributed by atoms with E-state index in [1.165, 1.54) is 96.3 Å². The van der Waals surface area contributed by atoms with E-state index in [4.69, 9.17) is 10.2 Å². The summed E-state index contributed by atoms with van der Waals surface area (Å²) in [7, 11) is 0. The second-order valence-corrected chi connectivity index (χ2v) is 7.62. The highest BCUT2D eigenvalue weighted by Gasteiger charge is 2.06. The molecule has 0 radical (unpaired) electrons. The van der Waals surface area contributed by atoms with E-state index >= 15 is 0 Å². The zero-order chi connectivity index (χ0) is 18.4. The highest BCUT2D eigenvalue weighted by molar-refractivity contribution is 4.81. The molecule has 0 aromatic rings. The summed E-state index contributed by atoms with van der Waals surface area (Å²) < 4.78 is 0. The molecule has 0 aromatic carbocycles. The van der Waals surface area contributed by atoms with Crippen LogP contribution in [0.4, 0.5) is 0 Å². The number of aliphatic hydroxyl groups is 2. The first-order chi connectivity index (χ1) is 12.3. The van der Waals surface area contributed by atoms with Gasteiger partial charge in [-0.25, -0.2) is 0 Å². The molecule has 0 atom stereocenters. The third-order valence-electron chi connectivity index (χ3n) is 5.20. The molecule has 0 unspecified atom stereocenters. The minimum atomic E-state index is 0.261. The predicted molar refractivity (Wildman–Crippen MR) is 111 cm³/mol. The minimum Gasteiger partial charge on any atom is -0.396 e. The third kappa shape index (κ3) is 19.8. The maximum Gasteiger partial charge on any atom is 0.0433 e. The Morgan fingerprint density at radius 3 is 1.48 bits per heavy atom. The van der Waals surface area contributed by atoms with Gasteiger partial charge < -0.3 is 10.2 Å². The first-order valence-corrected chi connectivity index (χ1v) is 11.2. The van der Waals surface area contributed by atoms with Crippen molar-refractivity contribution in [2.75, 3.05) is 13.2 Å². The Morgan fingerprint density at radius 2 is 1.00 bits per heavy atom. The normalized spacial score (nSPS) is 11.8. The number of hydrogen-bond acceptors (Lipinski definition) is 2. The topological polar surface area (TPSA) is 40.5 Å². The molecule has 0 heterocycles. The zero-order valence-corrected chi connectivity index (χ0v) is 17.1. The highest BCUT2D eigenvalue weighted by atomic mass is 16.3. The summed E-state index contributed by atoms with van der Waals surface area (Å²) >= 11 is 0. The fraction of sp³-hybridized carbons (Fsp3) is 0.913. The van der Waals surface area contributed by atoms with Crippen LogP contribution in [0.25, 0.3) is 0 Å². The Hall–Kier alpha value is -0.340. The average molecular weight is 355 g/mol. The average Bonchev–Trinajstić information content (AvgIpc) is 2.61. The maximum atomic E-state index is 9.01. The molecule has 0 aliphatic rings. The van der Waals surface area contributed by atoms with Gasteiger partial charge >= 0.3 is 0 Å². The molecule has 2 heteroatoms. The van der Waals surface area contributed by atoms with Crippen LogP contribution >= 0.6 is 0 Å². The van der Waals surface area contributed by atoms with Gasteiger partial charge in [0.05, 0.1) is 0 Å². The Bertz CT molecular complexity index is 257. The molecule has 0 saturated heterocycles. The largest absolute Gasteiger partial charge is 0.396 e. The lowest BCUT2D eigenvalue weighted by molar-refractivity contribution is 0.207. The summed E-state index contributed by atoms with van der Waals surface area (Å²) in [5, 5.41) is 18.0. The summed E-state index contributed by atoms with van der Waals surface area (Å²) in [6, 6.07) is 0. The molecule has 0 spiro atoms. The SMILES string of the molecule is CCCCCCCCC=CCCCCCCCCC(CCO)CCO. The molecule has 25 heavy (non-hydrogen) atoms. The molecule has 2 N–H and O–H groups in total. The van der Waals surface area contributed by atoms with Crippen molar-refractivity contribution in [2.45, 2.75) is 116 Å². The molecule has 150 valence electrons. The van der Waals surface area contributed by atoms with E-state index < -0.39 is 0 Å². The van der Waals surface area contributed by atoms with Gasteiger partial charge in [-0.15, -0.1) is 0 Å². The van der Waals surface area contributed by atoms with E-state index in [-0.39, 0.29) is 13.2 Å². The second kappa shape index (κ2) is 21.7. The standard InChI is InChI=1S/C23H46O2/c1-2-3-4-5-6-7-8-9-10-11-12-13-14-15-16-17-18-23(19-21-24)20-22-25/h9-10,23-25H,2-8,11-22H2,1H3. The van der Waals surface area contributed by atoms with Crippen molar-refractivity contribution >= 4 is 0 Å². The fourth-order valence-corrected chi connectivity index (χ4v) is 3.48. The first kappa shape index (κ1) is 24.7. The highest BCUT2D eigenvalue weighted by Crippen LogP contribution is 2.18. The fourth-order valence-electron chi connectivity index (χ4n) is 3.48. The van der Waals surface area contributed by atoms with Crippen molar-refractivity contribution in [1.29, 1.82) is 0 Å². The smallest absolute Gasteiger partial charge is 0.0433 e. The van der Waals surface area contributed by atoms with Gasteiger partial charge in [0.1, 0.15) is 0 Å². The van der Waals surface area contributed by atoms with E-state index in [0.29, 0.717) is 5.92 Å². The summed E-state index contributed by atoms with van der Waals surface area (Å²) in [6.07, 6.45) is 26.5. The number of aliphatic hydroxyl groups excluding tert-OH is 2. The molecule has 2 nitrogen and oxygen atoms in total. The number of rotatable bonds is 20. The first-order valence-electron chi connectivity index (χ1n) is 11.2. The summed E-state index contributed by atoms with van der Waals surface area (Å²) in [4.78, 5) is 0. The zero-order valence-electron chi connectivity index (χ0n) is 17.1. The predicted octanol–water partition coefficient (Wildman–Crippen LogP) is 6.80. The molecule has 0 amide bonds. The summed E-state index contributed by atoms with van der Waals surface area (Å²) in [5.41, 5.74) is 0. The van der Waals surface area contributed by atoms with Crippen LogP contribution in [-0.2, 0) is 0 Å². The van der Waals surface area contributed by atoms with Gasteiger partial charge in [-0.2, -0.15) is 0 Å². The van der Waals surface area contributed by atoms with Gasteiger partial charge in [-0.1, -0.05) is 89.7 Å². The van der Waals surface area contributed by atoms with Crippen molar-refractivity contribution in [3.05, 3.63) is 12.2 Å². The van der Waals surface area contributed by atoms with Gasteiger partial charge in [0.2, 0.25) is 0 Å². The number of unbranched alkanes of at least 4 members (excludes halogenated alkanes) is 12. The molecule has 0 fully saturated rings.